The van der Waals surface area contributed by atoms with Gasteiger partial charge in [-0.2, -0.15) is 5.10 Å². The number of hydrogen-bond acceptors (Lipinski definition) is 7. The quantitative estimate of drug-likeness (QED) is 0.272. The molecule has 2 aliphatic heterocycles. The van der Waals surface area contributed by atoms with Crippen molar-refractivity contribution >= 4 is 23.3 Å². The van der Waals surface area contributed by atoms with Gasteiger partial charge in [0.1, 0.15) is 0 Å². The molecule has 3 unspecified atom stereocenters. The molecule has 0 bridgehead atoms. The van der Waals surface area contributed by atoms with Crippen LogP contribution in [0.4, 0.5) is 5.69 Å². The van der Waals surface area contributed by atoms with Crippen molar-refractivity contribution in [3.63, 3.8) is 0 Å². The number of allylic oxidation sites excluding steroid dienone is 2. The van der Waals surface area contributed by atoms with Crippen LogP contribution >= 0.6 is 0 Å². The first kappa shape index (κ1) is 24.2. The molecule has 0 radical (unpaired) electrons. The summed E-state index contributed by atoms with van der Waals surface area (Å²) in [5.41, 5.74) is 8.29. The Morgan fingerprint density at radius 3 is 2.58 bits per heavy atom. The Bertz CT molecular complexity index is 1210. The van der Waals surface area contributed by atoms with E-state index in [0.717, 1.165) is 28.9 Å². The number of ether oxygens (including phenoxy) is 3. The number of esters is 1. The Hall–Kier alpha value is -3.49. The van der Waals surface area contributed by atoms with E-state index >= 15 is 0 Å². The summed E-state index contributed by atoms with van der Waals surface area (Å²) in [5.74, 6) is -0.839. The molecular formula is C28H31N3O5. The van der Waals surface area contributed by atoms with Crippen molar-refractivity contribution in [3.8, 4) is 0 Å². The Balaban J connectivity index is 1.32. The second-order valence-electron chi connectivity index (χ2n) is 9.63. The predicted molar refractivity (Wildman–Crippen MR) is 136 cm³/mol. The number of methoxy groups -OCH3 is 1. The van der Waals surface area contributed by atoms with Crippen molar-refractivity contribution in [2.75, 3.05) is 25.6 Å². The number of carbonyl (C=O) groups excluding carboxylic acids is 2. The molecule has 3 aliphatic rings. The van der Waals surface area contributed by atoms with Crippen LogP contribution in [0.5, 0.6) is 0 Å². The van der Waals surface area contributed by atoms with Crippen molar-refractivity contribution in [3.05, 3.63) is 76.9 Å². The number of fused-ring (bicyclic) bond motifs is 3. The van der Waals surface area contributed by atoms with Crippen molar-refractivity contribution < 1.29 is 23.8 Å². The first-order chi connectivity index (χ1) is 17.4. The minimum absolute atomic E-state index is 0.0917. The van der Waals surface area contributed by atoms with E-state index in [1.165, 1.54) is 12.7 Å². The lowest BCUT2D eigenvalue weighted by Gasteiger charge is -2.37. The summed E-state index contributed by atoms with van der Waals surface area (Å²) in [4.78, 5) is 24.2. The van der Waals surface area contributed by atoms with Gasteiger partial charge in [-0.3, -0.25) is 4.79 Å². The molecule has 2 aromatic carbocycles. The number of hydrazone groups is 1. The lowest BCUT2D eigenvalue weighted by atomic mass is 9.76. The van der Waals surface area contributed by atoms with Crippen LogP contribution in [0.1, 0.15) is 65.7 Å². The molecule has 0 aromatic heterocycles. The topological polar surface area (TPSA) is 98.2 Å². The maximum absolute atomic E-state index is 12.3. The van der Waals surface area contributed by atoms with Crippen molar-refractivity contribution in [2.24, 2.45) is 11.0 Å². The SMILES string of the molecule is COC(=O)c1ccc(C2Nc3ccc(C(C)=NNC(=O)CC4(C)OCCO4)cc3C3C=CCC32)cc1. The van der Waals surface area contributed by atoms with Crippen molar-refractivity contribution in [1.29, 1.82) is 0 Å². The van der Waals surface area contributed by atoms with Gasteiger partial charge in [0.25, 0.3) is 0 Å². The molecule has 2 heterocycles. The maximum atomic E-state index is 12.3. The highest BCUT2D eigenvalue weighted by atomic mass is 16.7. The van der Waals surface area contributed by atoms with E-state index in [1.54, 1.807) is 6.92 Å². The third kappa shape index (κ3) is 4.79. The van der Waals surface area contributed by atoms with Crippen LogP contribution in [0.15, 0.2) is 59.7 Å². The molecule has 5 rings (SSSR count). The van der Waals surface area contributed by atoms with Gasteiger partial charge in [0.05, 0.1) is 44.1 Å². The number of carbonyl (C=O) groups is 2. The fourth-order valence-electron chi connectivity index (χ4n) is 5.29. The molecule has 1 saturated heterocycles. The third-order valence-electron chi connectivity index (χ3n) is 7.20. The standard InChI is InChI=1S/C28H31N3O5/c1-17(30-31-25(32)16-28(2)35-13-14-36-28)20-11-12-24-23(15-20)21-5-4-6-22(21)26(29-24)18-7-9-19(10-8-18)27(33)34-3/h4-5,7-12,15,21-22,26,29H,6,13-14,16H2,1-3H3,(H,31,32). The molecule has 1 fully saturated rings. The van der Waals surface area contributed by atoms with Gasteiger partial charge in [-0.05, 0) is 67.1 Å². The molecule has 3 atom stereocenters. The number of rotatable bonds is 6. The largest absolute Gasteiger partial charge is 0.465 e. The highest BCUT2D eigenvalue weighted by molar-refractivity contribution is 6.00. The highest BCUT2D eigenvalue weighted by Crippen LogP contribution is 2.50. The van der Waals surface area contributed by atoms with E-state index in [0.29, 0.717) is 24.7 Å². The van der Waals surface area contributed by atoms with Gasteiger partial charge < -0.3 is 19.5 Å². The van der Waals surface area contributed by atoms with Crippen LogP contribution in [0, 0.1) is 5.92 Å². The number of benzene rings is 2. The number of anilines is 1. The van der Waals surface area contributed by atoms with Gasteiger partial charge in [-0.15, -0.1) is 0 Å². The second kappa shape index (κ2) is 9.87. The predicted octanol–water partition coefficient (Wildman–Crippen LogP) is 4.29. The number of nitrogens with one attached hydrogen (secondary N) is 2. The molecule has 0 saturated carbocycles. The van der Waals surface area contributed by atoms with Crippen LogP contribution in [0.25, 0.3) is 0 Å². The van der Waals surface area contributed by atoms with E-state index in [2.05, 4.69) is 40.1 Å². The zero-order valence-electron chi connectivity index (χ0n) is 20.7. The van der Waals surface area contributed by atoms with E-state index in [9.17, 15) is 9.59 Å². The molecule has 8 heteroatoms. The summed E-state index contributed by atoms with van der Waals surface area (Å²) >= 11 is 0. The van der Waals surface area contributed by atoms with Gasteiger partial charge >= 0.3 is 5.97 Å². The average Bonchev–Trinajstić information content (AvgIpc) is 3.56. The summed E-state index contributed by atoms with van der Waals surface area (Å²) in [7, 11) is 1.39. The summed E-state index contributed by atoms with van der Waals surface area (Å²) in [6.45, 7) is 4.63. The van der Waals surface area contributed by atoms with Crippen LogP contribution in [-0.2, 0) is 19.0 Å². The van der Waals surface area contributed by atoms with E-state index in [1.807, 2.05) is 37.3 Å². The summed E-state index contributed by atoms with van der Waals surface area (Å²) in [6.07, 6.45) is 5.58. The molecule has 2 N–H and O–H groups in total. The molecule has 2 aromatic rings. The van der Waals surface area contributed by atoms with Crippen LogP contribution < -0.4 is 10.7 Å². The van der Waals surface area contributed by atoms with Gasteiger partial charge in [0.15, 0.2) is 5.79 Å². The second-order valence-corrected chi connectivity index (χ2v) is 9.63. The summed E-state index contributed by atoms with van der Waals surface area (Å²) < 4.78 is 15.8. The van der Waals surface area contributed by atoms with Gasteiger partial charge in [0.2, 0.25) is 5.91 Å². The van der Waals surface area contributed by atoms with E-state index in [4.69, 9.17) is 14.2 Å². The number of amides is 1. The Labute approximate surface area is 210 Å². The Morgan fingerprint density at radius 1 is 1.14 bits per heavy atom. The zero-order valence-corrected chi connectivity index (χ0v) is 20.7. The summed E-state index contributed by atoms with van der Waals surface area (Å²) in [5, 5.41) is 8.04. The number of hydrogen-bond donors (Lipinski definition) is 2. The van der Waals surface area contributed by atoms with Crippen molar-refractivity contribution in [2.45, 2.75) is 44.4 Å². The van der Waals surface area contributed by atoms with Crippen molar-refractivity contribution in [1.82, 2.24) is 5.43 Å². The molecule has 188 valence electrons. The molecule has 1 aliphatic carbocycles. The van der Waals surface area contributed by atoms with Gasteiger partial charge in [-0.25, -0.2) is 10.2 Å². The molecular weight excluding hydrogens is 458 g/mol. The monoisotopic (exact) mass is 489 g/mol. The molecule has 0 spiro atoms. The fraction of sp³-hybridized carbons (Fsp3) is 0.393. The first-order valence-corrected chi connectivity index (χ1v) is 12.2. The third-order valence-corrected chi connectivity index (χ3v) is 7.20. The zero-order chi connectivity index (χ0) is 25.3. The lowest BCUT2D eigenvalue weighted by molar-refractivity contribution is -0.159. The van der Waals surface area contributed by atoms with Crippen LogP contribution in [0.2, 0.25) is 0 Å². The van der Waals surface area contributed by atoms with Gasteiger partial charge in [-0.1, -0.05) is 30.4 Å². The van der Waals surface area contributed by atoms with Gasteiger partial charge in [0, 0.05) is 11.6 Å². The fourth-order valence-corrected chi connectivity index (χ4v) is 5.29. The smallest absolute Gasteiger partial charge is 0.337 e. The first-order valence-electron chi connectivity index (χ1n) is 12.2. The number of nitrogens with zero attached hydrogens (tertiary/aromatic N) is 1. The maximum Gasteiger partial charge on any atom is 0.337 e. The highest BCUT2D eigenvalue weighted by Gasteiger charge is 2.38. The average molecular weight is 490 g/mol. The van der Waals surface area contributed by atoms with E-state index < -0.39 is 5.79 Å². The Kier molecular flexibility index (Phi) is 6.64. The lowest BCUT2D eigenvalue weighted by Crippen LogP contribution is -2.33. The minimum atomic E-state index is -0.884. The summed E-state index contributed by atoms with van der Waals surface area (Å²) in [6, 6.07) is 14.0. The normalized spacial score (nSPS) is 24.0. The molecule has 1 amide bonds. The molecule has 36 heavy (non-hydrogen) atoms. The van der Waals surface area contributed by atoms with Crippen LogP contribution in [0.3, 0.4) is 0 Å². The minimum Gasteiger partial charge on any atom is -0.465 e. The Morgan fingerprint density at radius 2 is 1.86 bits per heavy atom. The van der Waals surface area contributed by atoms with E-state index in [-0.39, 0.29) is 30.3 Å². The molecule has 8 nitrogen and oxygen atoms in total. The van der Waals surface area contributed by atoms with Crippen LogP contribution in [-0.4, -0.2) is 43.7 Å².